The van der Waals surface area contributed by atoms with E-state index in [0.29, 0.717) is 5.82 Å². The number of aromatic nitrogens is 6. The molecule has 3 aromatic rings. The zero-order valence-electron chi connectivity index (χ0n) is 9.67. The van der Waals surface area contributed by atoms with Crippen molar-refractivity contribution < 1.29 is 0 Å². The Balaban J connectivity index is 2.05. The molecule has 2 aromatic heterocycles. The molecule has 0 amide bonds. The van der Waals surface area contributed by atoms with Crippen LogP contribution in [0, 0.1) is 11.3 Å². The van der Waals surface area contributed by atoms with E-state index in [2.05, 4.69) is 25.4 Å². The van der Waals surface area contributed by atoms with E-state index in [1.165, 1.54) is 17.2 Å². The number of benzene rings is 1. The number of tetrazole rings is 1. The monoisotopic (exact) mass is 249 g/mol. The van der Waals surface area contributed by atoms with Crippen molar-refractivity contribution in [1.29, 1.82) is 5.26 Å². The van der Waals surface area contributed by atoms with Crippen molar-refractivity contribution in [3.8, 4) is 23.3 Å². The summed E-state index contributed by atoms with van der Waals surface area (Å²) in [4.78, 5) is 9.15. The summed E-state index contributed by atoms with van der Waals surface area (Å²) in [5.74, 6) is 0.731. The Bertz CT molecular complexity index is 742. The Morgan fingerprint density at radius 1 is 1.05 bits per heavy atom. The Labute approximate surface area is 108 Å². The fourth-order valence-corrected chi connectivity index (χ4v) is 1.56. The molecule has 1 aromatic carbocycles. The molecule has 0 bridgehead atoms. The van der Waals surface area contributed by atoms with Gasteiger partial charge in [-0.1, -0.05) is 30.3 Å². The van der Waals surface area contributed by atoms with Gasteiger partial charge >= 0.3 is 0 Å². The molecule has 0 fully saturated rings. The fourth-order valence-electron chi connectivity index (χ4n) is 1.56. The Morgan fingerprint density at radius 2 is 1.84 bits per heavy atom. The minimum absolute atomic E-state index is 0.152. The average molecular weight is 249 g/mol. The molecule has 0 N–H and O–H groups in total. The van der Waals surface area contributed by atoms with Gasteiger partial charge in [-0.25, -0.2) is 9.97 Å². The third kappa shape index (κ3) is 2.02. The van der Waals surface area contributed by atoms with Crippen LogP contribution in [0.15, 0.2) is 42.7 Å². The van der Waals surface area contributed by atoms with Crippen molar-refractivity contribution in [2.24, 2.45) is 0 Å². The minimum Gasteiger partial charge on any atom is -0.240 e. The lowest BCUT2D eigenvalue weighted by Crippen LogP contribution is -2.06. The van der Waals surface area contributed by atoms with Gasteiger partial charge in [-0.15, -0.1) is 15.0 Å². The maximum Gasteiger partial charge on any atom is 0.213 e. The standard InChI is InChI=1S/C12H7N7/c13-8-10-12(15-7-6-14-10)19-17-11(16-18-19)9-4-2-1-3-5-9/h1-7H. The van der Waals surface area contributed by atoms with Gasteiger partial charge in [0, 0.05) is 18.0 Å². The molecule has 0 saturated carbocycles. The third-order valence-electron chi connectivity index (χ3n) is 2.42. The first-order chi connectivity index (χ1) is 9.38. The summed E-state index contributed by atoms with van der Waals surface area (Å²) in [6.45, 7) is 0. The Hall–Kier alpha value is -3.14. The third-order valence-corrected chi connectivity index (χ3v) is 2.42. The molecular formula is C12H7N7. The molecule has 7 nitrogen and oxygen atoms in total. The second kappa shape index (κ2) is 4.62. The Morgan fingerprint density at radius 3 is 2.63 bits per heavy atom. The molecule has 0 aliphatic carbocycles. The lowest BCUT2D eigenvalue weighted by atomic mass is 10.2. The quantitative estimate of drug-likeness (QED) is 0.672. The zero-order valence-corrected chi connectivity index (χ0v) is 9.67. The first-order valence-corrected chi connectivity index (χ1v) is 5.45. The van der Waals surface area contributed by atoms with E-state index in [-0.39, 0.29) is 11.5 Å². The zero-order chi connectivity index (χ0) is 13.1. The highest BCUT2D eigenvalue weighted by Gasteiger charge is 2.12. The van der Waals surface area contributed by atoms with Gasteiger partial charge in [-0.2, -0.15) is 5.26 Å². The van der Waals surface area contributed by atoms with E-state index >= 15 is 0 Å². The summed E-state index contributed by atoms with van der Waals surface area (Å²) < 4.78 is 0. The SMILES string of the molecule is N#Cc1nccnc1-n1nnc(-c2ccccc2)n1. The van der Waals surface area contributed by atoms with Gasteiger partial charge in [0.25, 0.3) is 0 Å². The largest absolute Gasteiger partial charge is 0.240 e. The predicted molar refractivity (Wildman–Crippen MR) is 64.9 cm³/mol. The normalized spacial score (nSPS) is 10.1. The maximum atomic E-state index is 8.96. The number of rotatable bonds is 2. The Kier molecular flexibility index (Phi) is 2.67. The van der Waals surface area contributed by atoms with E-state index in [4.69, 9.17) is 5.26 Å². The van der Waals surface area contributed by atoms with Gasteiger partial charge < -0.3 is 0 Å². The van der Waals surface area contributed by atoms with Crippen molar-refractivity contribution in [2.45, 2.75) is 0 Å². The van der Waals surface area contributed by atoms with Gasteiger partial charge in [-0.05, 0) is 5.21 Å². The van der Waals surface area contributed by atoms with Gasteiger partial charge in [0.2, 0.25) is 11.6 Å². The van der Waals surface area contributed by atoms with Crippen LogP contribution in [0.4, 0.5) is 0 Å². The van der Waals surface area contributed by atoms with E-state index in [1.807, 2.05) is 36.4 Å². The summed E-state index contributed by atoms with van der Waals surface area (Å²) in [5, 5.41) is 21.0. The molecule has 0 aliphatic rings. The van der Waals surface area contributed by atoms with Crippen molar-refractivity contribution in [3.63, 3.8) is 0 Å². The molecule has 0 atom stereocenters. The lowest BCUT2D eigenvalue weighted by molar-refractivity contribution is 0.694. The first kappa shape index (κ1) is 11.0. The summed E-state index contributed by atoms with van der Waals surface area (Å²) >= 11 is 0. The number of hydrogen-bond donors (Lipinski definition) is 0. The first-order valence-electron chi connectivity index (χ1n) is 5.45. The van der Waals surface area contributed by atoms with E-state index < -0.39 is 0 Å². The molecule has 2 heterocycles. The molecule has 0 unspecified atom stereocenters. The predicted octanol–water partition coefficient (Wildman–Crippen LogP) is 0.991. The average Bonchev–Trinajstić information content (AvgIpc) is 2.98. The summed E-state index contributed by atoms with van der Waals surface area (Å²) in [5.41, 5.74) is 0.996. The highest BCUT2D eigenvalue weighted by Crippen LogP contribution is 2.13. The van der Waals surface area contributed by atoms with Gasteiger partial charge in [0.15, 0.2) is 5.69 Å². The highest BCUT2D eigenvalue weighted by atomic mass is 15.6. The van der Waals surface area contributed by atoms with Gasteiger partial charge in [0.05, 0.1) is 0 Å². The van der Waals surface area contributed by atoms with Crippen molar-refractivity contribution in [2.75, 3.05) is 0 Å². The van der Waals surface area contributed by atoms with Crippen molar-refractivity contribution >= 4 is 0 Å². The van der Waals surface area contributed by atoms with Gasteiger partial charge in [-0.3, -0.25) is 0 Å². The molecule has 0 spiro atoms. The number of hydrogen-bond acceptors (Lipinski definition) is 6. The van der Waals surface area contributed by atoms with Crippen molar-refractivity contribution in [3.05, 3.63) is 48.4 Å². The second-order valence-electron chi connectivity index (χ2n) is 3.61. The van der Waals surface area contributed by atoms with Crippen LogP contribution in [0.1, 0.15) is 5.69 Å². The second-order valence-corrected chi connectivity index (χ2v) is 3.61. The minimum atomic E-state index is 0.152. The summed E-state index contributed by atoms with van der Waals surface area (Å²) in [6.07, 6.45) is 2.92. The molecule has 0 aliphatic heterocycles. The molecule has 0 saturated heterocycles. The van der Waals surface area contributed by atoms with Crippen LogP contribution >= 0.6 is 0 Å². The highest BCUT2D eigenvalue weighted by molar-refractivity contribution is 5.53. The summed E-state index contributed by atoms with van der Waals surface area (Å²) in [7, 11) is 0. The van der Waals surface area contributed by atoms with Crippen LogP contribution in [0.3, 0.4) is 0 Å². The van der Waals surface area contributed by atoms with Crippen LogP contribution in [0.2, 0.25) is 0 Å². The molecule has 19 heavy (non-hydrogen) atoms. The topological polar surface area (TPSA) is 93.2 Å². The molecule has 3 rings (SSSR count). The number of nitriles is 1. The molecule has 7 heteroatoms. The van der Waals surface area contributed by atoms with Crippen LogP contribution in [-0.4, -0.2) is 30.2 Å². The maximum absolute atomic E-state index is 8.96. The molecule has 0 radical (unpaired) electrons. The van der Waals surface area contributed by atoms with Crippen LogP contribution in [-0.2, 0) is 0 Å². The van der Waals surface area contributed by atoms with E-state index in [0.717, 1.165) is 5.56 Å². The van der Waals surface area contributed by atoms with Gasteiger partial charge in [0.1, 0.15) is 6.07 Å². The molecule has 90 valence electrons. The fraction of sp³-hybridized carbons (Fsp3) is 0. The summed E-state index contributed by atoms with van der Waals surface area (Å²) in [6, 6.07) is 11.4. The van der Waals surface area contributed by atoms with Crippen LogP contribution in [0.5, 0.6) is 0 Å². The number of nitrogens with zero attached hydrogens (tertiary/aromatic N) is 7. The van der Waals surface area contributed by atoms with E-state index in [1.54, 1.807) is 0 Å². The van der Waals surface area contributed by atoms with E-state index in [9.17, 15) is 0 Å². The van der Waals surface area contributed by atoms with Crippen molar-refractivity contribution in [1.82, 2.24) is 30.2 Å². The van der Waals surface area contributed by atoms with Crippen LogP contribution < -0.4 is 0 Å². The molecular weight excluding hydrogens is 242 g/mol. The van der Waals surface area contributed by atoms with Crippen LogP contribution in [0.25, 0.3) is 17.2 Å². The lowest BCUT2D eigenvalue weighted by Gasteiger charge is -1.97. The smallest absolute Gasteiger partial charge is 0.213 e.